The van der Waals surface area contributed by atoms with E-state index in [1.54, 1.807) is 0 Å². The normalized spacial score (nSPS) is 16.9. The summed E-state index contributed by atoms with van der Waals surface area (Å²) in [5.74, 6) is 2.08. The molecule has 0 bridgehead atoms. The zero-order valence-electron chi connectivity index (χ0n) is 8.22. The van der Waals surface area contributed by atoms with E-state index in [1.165, 1.54) is 11.1 Å². The van der Waals surface area contributed by atoms with Crippen LogP contribution in [0.3, 0.4) is 0 Å². The molecule has 3 heteroatoms. The first-order valence-corrected chi connectivity index (χ1v) is 5.02. The summed E-state index contributed by atoms with van der Waals surface area (Å²) >= 11 is 0. The van der Waals surface area contributed by atoms with Crippen LogP contribution in [-0.4, -0.2) is 20.3 Å². The lowest BCUT2D eigenvalue weighted by atomic mass is 10.0. The Labute approximate surface area is 83.0 Å². The van der Waals surface area contributed by atoms with Gasteiger partial charge in [-0.1, -0.05) is 0 Å². The quantitative estimate of drug-likeness (QED) is 0.731. The van der Waals surface area contributed by atoms with E-state index in [0.29, 0.717) is 0 Å². The van der Waals surface area contributed by atoms with Gasteiger partial charge in [0.25, 0.3) is 0 Å². The van der Waals surface area contributed by atoms with Gasteiger partial charge in [-0.2, -0.15) is 0 Å². The molecule has 2 heterocycles. The Morgan fingerprint density at radius 1 is 1.21 bits per heavy atom. The lowest BCUT2D eigenvalue weighted by Gasteiger charge is -2.11. The lowest BCUT2D eigenvalue weighted by Crippen LogP contribution is -1.97. The molecule has 1 aromatic carbocycles. The standard InChI is InChI=1S/C11H13NO2/c1-12-10-8-3-5-13-9(8)6-7-2-4-14-11(7)10/h6,12H,2-5H2,1H3. The third-order valence-electron chi connectivity index (χ3n) is 2.90. The molecule has 0 aliphatic carbocycles. The zero-order chi connectivity index (χ0) is 9.54. The van der Waals surface area contributed by atoms with Crippen LogP contribution in [-0.2, 0) is 12.8 Å². The van der Waals surface area contributed by atoms with Gasteiger partial charge in [-0.3, -0.25) is 0 Å². The van der Waals surface area contributed by atoms with Gasteiger partial charge in [0, 0.05) is 31.0 Å². The molecule has 3 rings (SSSR count). The third-order valence-corrected chi connectivity index (χ3v) is 2.90. The Morgan fingerprint density at radius 2 is 2.07 bits per heavy atom. The smallest absolute Gasteiger partial charge is 0.146 e. The predicted octanol–water partition coefficient (Wildman–Crippen LogP) is 1.60. The number of hydrogen-bond donors (Lipinski definition) is 1. The maximum atomic E-state index is 5.63. The van der Waals surface area contributed by atoms with Gasteiger partial charge < -0.3 is 14.8 Å². The van der Waals surface area contributed by atoms with Crippen LogP contribution in [0.4, 0.5) is 5.69 Å². The first-order valence-electron chi connectivity index (χ1n) is 5.02. The van der Waals surface area contributed by atoms with E-state index in [2.05, 4.69) is 11.4 Å². The number of ether oxygens (including phenoxy) is 2. The highest BCUT2D eigenvalue weighted by molar-refractivity contribution is 5.71. The van der Waals surface area contributed by atoms with Crippen molar-refractivity contribution in [1.82, 2.24) is 0 Å². The van der Waals surface area contributed by atoms with Crippen molar-refractivity contribution in [3.63, 3.8) is 0 Å². The summed E-state index contributed by atoms with van der Waals surface area (Å²) < 4.78 is 11.2. The average Bonchev–Trinajstić information content (AvgIpc) is 2.80. The largest absolute Gasteiger partial charge is 0.493 e. The van der Waals surface area contributed by atoms with Gasteiger partial charge in [0.05, 0.1) is 18.9 Å². The summed E-state index contributed by atoms with van der Waals surface area (Å²) in [5.41, 5.74) is 3.68. The molecule has 74 valence electrons. The van der Waals surface area contributed by atoms with E-state index in [-0.39, 0.29) is 0 Å². The van der Waals surface area contributed by atoms with Gasteiger partial charge in [0.2, 0.25) is 0 Å². The van der Waals surface area contributed by atoms with Gasteiger partial charge in [-0.25, -0.2) is 0 Å². The topological polar surface area (TPSA) is 30.5 Å². The molecule has 0 spiro atoms. The monoisotopic (exact) mass is 191 g/mol. The number of benzene rings is 1. The molecule has 2 aliphatic rings. The number of nitrogens with one attached hydrogen (secondary N) is 1. The highest BCUT2D eigenvalue weighted by atomic mass is 16.5. The van der Waals surface area contributed by atoms with Crippen molar-refractivity contribution in [2.45, 2.75) is 12.8 Å². The van der Waals surface area contributed by atoms with Crippen LogP contribution in [0.5, 0.6) is 11.5 Å². The van der Waals surface area contributed by atoms with Crippen LogP contribution < -0.4 is 14.8 Å². The molecular formula is C11H13NO2. The van der Waals surface area contributed by atoms with E-state index in [1.807, 2.05) is 7.05 Å². The molecule has 3 nitrogen and oxygen atoms in total. The van der Waals surface area contributed by atoms with Crippen molar-refractivity contribution >= 4 is 5.69 Å². The van der Waals surface area contributed by atoms with E-state index in [0.717, 1.165) is 43.2 Å². The molecule has 0 aromatic heterocycles. The Balaban J connectivity index is 2.24. The number of rotatable bonds is 1. The van der Waals surface area contributed by atoms with E-state index in [9.17, 15) is 0 Å². The number of hydrogen-bond acceptors (Lipinski definition) is 3. The number of anilines is 1. The summed E-state index contributed by atoms with van der Waals surface area (Å²) in [5, 5.41) is 3.22. The maximum Gasteiger partial charge on any atom is 0.146 e. The fraction of sp³-hybridized carbons (Fsp3) is 0.455. The van der Waals surface area contributed by atoms with Gasteiger partial charge in [-0.05, 0) is 6.07 Å². The van der Waals surface area contributed by atoms with Crippen LogP contribution in [0.15, 0.2) is 6.07 Å². The second-order valence-electron chi connectivity index (χ2n) is 3.66. The van der Waals surface area contributed by atoms with Crippen LogP contribution in [0.25, 0.3) is 0 Å². The summed E-state index contributed by atoms with van der Waals surface area (Å²) in [6.45, 7) is 1.60. The van der Waals surface area contributed by atoms with Crippen LogP contribution in [0.1, 0.15) is 11.1 Å². The minimum atomic E-state index is 0.799. The summed E-state index contributed by atoms with van der Waals surface area (Å²) in [6, 6.07) is 2.13. The molecule has 2 aliphatic heterocycles. The van der Waals surface area contributed by atoms with Gasteiger partial charge >= 0.3 is 0 Å². The Morgan fingerprint density at radius 3 is 2.93 bits per heavy atom. The third kappa shape index (κ3) is 0.924. The Bertz CT molecular complexity index is 355. The van der Waals surface area contributed by atoms with Crippen molar-refractivity contribution in [2.24, 2.45) is 0 Å². The fourth-order valence-corrected chi connectivity index (χ4v) is 2.25. The van der Waals surface area contributed by atoms with Gasteiger partial charge in [0.1, 0.15) is 11.5 Å². The van der Waals surface area contributed by atoms with Crippen LogP contribution >= 0.6 is 0 Å². The molecule has 0 saturated heterocycles. The van der Waals surface area contributed by atoms with Gasteiger partial charge in [0.15, 0.2) is 0 Å². The van der Waals surface area contributed by atoms with Crippen LogP contribution in [0.2, 0.25) is 0 Å². The summed E-state index contributed by atoms with van der Waals surface area (Å²) in [6.07, 6.45) is 1.99. The van der Waals surface area contributed by atoms with Gasteiger partial charge in [-0.15, -0.1) is 0 Å². The lowest BCUT2D eigenvalue weighted by molar-refractivity contribution is 0.356. The molecule has 1 N–H and O–H groups in total. The summed E-state index contributed by atoms with van der Waals surface area (Å²) in [7, 11) is 1.94. The molecule has 0 saturated carbocycles. The molecular weight excluding hydrogens is 178 g/mol. The Hall–Kier alpha value is -1.38. The fourth-order valence-electron chi connectivity index (χ4n) is 2.25. The molecule has 0 atom stereocenters. The maximum absolute atomic E-state index is 5.63. The molecule has 0 unspecified atom stereocenters. The minimum absolute atomic E-state index is 0.799. The van der Waals surface area contributed by atoms with Crippen molar-refractivity contribution in [3.05, 3.63) is 17.2 Å². The zero-order valence-corrected chi connectivity index (χ0v) is 8.22. The van der Waals surface area contributed by atoms with Crippen molar-refractivity contribution < 1.29 is 9.47 Å². The summed E-state index contributed by atoms with van der Waals surface area (Å²) in [4.78, 5) is 0. The van der Waals surface area contributed by atoms with E-state index in [4.69, 9.17) is 9.47 Å². The highest BCUT2D eigenvalue weighted by Gasteiger charge is 2.25. The second kappa shape index (κ2) is 2.80. The molecule has 1 aromatic rings. The molecule has 0 amide bonds. The highest BCUT2D eigenvalue weighted by Crippen LogP contribution is 2.43. The predicted molar refractivity (Wildman–Crippen MR) is 54.4 cm³/mol. The first-order chi connectivity index (χ1) is 6.90. The van der Waals surface area contributed by atoms with Crippen molar-refractivity contribution in [2.75, 3.05) is 25.6 Å². The molecule has 0 fully saturated rings. The van der Waals surface area contributed by atoms with E-state index >= 15 is 0 Å². The van der Waals surface area contributed by atoms with Crippen LogP contribution in [0, 0.1) is 0 Å². The van der Waals surface area contributed by atoms with E-state index < -0.39 is 0 Å². The Kier molecular flexibility index (Phi) is 1.60. The van der Waals surface area contributed by atoms with Crippen molar-refractivity contribution in [1.29, 1.82) is 0 Å². The average molecular weight is 191 g/mol. The molecule has 14 heavy (non-hydrogen) atoms. The van der Waals surface area contributed by atoms with Crippen molar-refractivity contribution in [3.8, 4) is 11.5 Å². The SMILES string of the molecule is CNc1c2c(cc3c1OCC3)OCC2. The number of fused-ring (bicyclic) bond motifs is 2. The molecule has 0 radical (unpaired) electrons. The second-order valence-corrected chi connectivity index (χ2v) is 3.66. The first kappa shape index (κ1) is 7.97. The minimum Gasteiger partial charge on any atom is -0.493 e.